The number of carbonyl (C=O) groups excluding carboxylic acids is 1. The van der Waals surface area contributed by atoms with Crippen LogP contribution < -0.4 is 14.9 Å². The number of rotatable bonds is 5. The summed E-state index contributed by atoms with van der Waals surface area (Å²) in [4.78, 5) is 12.8. The van der Waals surface area contributed by atoms with Crippen molar-refractivity contribution >= 4 is 38.7 Å². The minimum Gasteiger partial charge on any atom is -0.355 e. The van der Waals surface area contributed by atoms with Gasteiger partial charge in [0.05, 0.1) is 22.7 Å². The second kappa shape index (κ2) is 7.97. The molecule has 0 aromatic heterocycles. The average molecular weight is 407 g/mol. The number of sulfonamides is 1. The van der Waals surface area contributed by atoms with Crippen LogP contribution >= 0.6 is 0 Å². The lowest BCUT2D eigenvalue weighted by Crippen LogP contribution is -2.25. The van der Waals surface area contributed by atoms with Crippen molar-refractivity contribution in [3.05, 3.63) is 84.4 Å². The first-order valence-corrected chi connectivity index (χ1v) is 11.0. The highest BCUT2D eigenvalue weighted by atomic mass is 32.2. The zero-order valence-electron chi connectivity index (χ0n) is 15.7. The summed E-state index contributed by atoms with van der Waals surface area (Å²) in [5.74, 6) is -0.0676. The van der Waals surface area contributed by atoms with Gasteiger partial charge in [0.25, 0.3) is 5.91 Å². The van der Waals surface area contributed by atoms with E-state index in [9.17, 15) is 13.2 Å². The number of benzene rings is 3. The third kappa shape index (κ3) is 4.25. The molecule has 4 rings (SSSR count). The Labute approximate surface area is 170 Å². The summed E-state index contributed by atoms with van der Waals surface area (Å²) >= 11 is 0. The molecular formula is C22H21N3O3S. The average Bonchev–Trinajstić information content (AvgIpc) is 3.09. The van der Waals surface area contributed by atoms with Crippen LogP contribution in [-0.2, 0) is 10.0 Å². The van der Waals surface area contributed by atoms with E-state index in [0.29, 0.717) is 35.6 Å². The number of carbonyl (C=O) groups is 1. The van der Waals surface area contributed by atoms with Crippen molar-refractivity contribution in [1.82, 2.24) is 0 Å². The van der Waals surface area contributed by atoms with Crippen LogP contribution in [0.15, 0.2) is 78.9 Å². The van der Waals surface area contributed by atoms with Crippen LogP contribution in [0.1, 0.15) is 16.8 Å². The van der Waals surface area contributed by atoms with Gasteiger partial charge in [0, 0.05) is 17.9 Å². The van der Waals surface area contributed by atoms with Gasteiger partial charge < -0.3 is 10.6 Å². The fourth-order valence-electron chi connectivity index (χ4n) is 3.31. The quantitative estimate of drug-likeness (QED) is 0.664. The van der Waals surface area contributed by atoms with E-state index < -0.39 is 10.0 Å². The summed E-state index contributed by atoms with van der Waals surface area (Å²) in [5, 5.41) is 6.14. The van der Waals surface area contributed by atoms with Crippen molar-refractivity contribution < 1.29 is 13.2 Å². The summed E-state index contributed by atoms with van der Waals surface area (Å²) in [6, 6.07) is 23.8. The molecule has 7 heteroatoms. The normalized spacial score (nSPS) is 15.1. The highest BCUT2D eigenvalue weighted by Gasteiger charge is 2.28. The van der Waals surface area contributed by atoms with E-state index in [0.717, 1.165) is 5.69 Å². The van der Waals surface area contributed by atoms with Crippen molar-refractivity contribution in [2.75, 3.05) is 27.2 Å². The molecule has 1 heterocycles. The Balaban J connectivity index is 1.50. The number of hydrogen-bond donors (Lipinski definition) is 2. The highest BCUT2D eigenvalue weighted by Crippen LogP contribution is 2.26. The van der Waals surface area contributed by atoms with Crippen molar-refractivity contribution in [3.63, 3.8) is 0 Å². The molecule has 0 saturated carbocycles. The minimum atomic E-state index is -3.22. The van der Waals surface area contributed by atoms with Gasteiger partial charge in [-0.25, -0.2) is 8.42 Å². The van der Waals surface area contributed by atoms with Crippen molar-refractivity contribution in [3.8, 4) is 0 Å². The Bertz CT molecular complexity index is 1110. The fourth-order valence-corrected chi connectivity index (χ4v) is 4.87. The lowest BCUT2D eigenvalue weighted by atomic mass is 10.1. The van der Waals surface area contributed by atoms with Crippen LogP contribution in [0.2, 0.25) is 0 Å². The molecule has 0 radical (unpaired) electrons. The number of nitrogens with zero attached hydrogens (tertiary/aromatic N) is 1. The first-order valence-electron chi connectivity index (χ1n) is 9.36. The van der Waals surface area contributed by atoms with Gasteiger partial charge in [-0.05, 0) is 55.0 Å². The molecule has 1 aliphatic rings. The van der Waals surface area contributed by atoms with Crippen LogP contribution in [0.3, 0.4) is 0 Å². The van der Waals surface area contributed by atoms with E-state index in [2.05, 4.69) is 10.6 Å². The van der Waals surface area contributed by atoms with Crippen molar-refractivity contribution in [1.29, 1.82) is 0 Å². The van der Waals surface area contributed by atoms with Gasteiger partial charge in [-0.15, -0.1) is 0 Å². The molecular weight excluding hydrogens is 386 g/mol. The Morgan fingerprint density at radius 2 is 1.52 bits per heavy atom. The third-order valence-electron chi connectivity index (χ3n) is 4.74. The van der Waals surface area contributed by atoms with E-state index in [1.54, 1.807) is 30.3 Å². The Kier molecular flexibility index (Phi) is 5.22. The standard InChI is InChI=1S/C22H21N3O3S/c26-22(20-9-4-5-10-21(20)23-17-7-2-1-3-8-17)24-18-11-13-19(14-12-18)25-15-6-16-29(25,27)28/h1-5,7-14,23H,6,15-16H2,(H,24,26). The molecule has 148 valence electrons. The van der Waals surface area contributed by atoms with Crippen LogP contribution in [0.5, 0.6) is 0 Å². The molecule has 1 fully saturated rings. The molecule has 1 saturated heterocycles. The van der Waals surface area contributed by atoms with Gasteiger partial charge in [-0.1, -0.05) is 30.3 Å². The molecule has 0 unspecified atom stereocenters. The van der Waals surface area contributed by atoms with Crippen LogP contribution in [0, 0.1) is 0 Å². The molecule has 1 amide bonds. The maximum absolute atomic E-state index is 12.8. The SMILES string of the molecule is O=C(Nc1ccc(N2CCCS2(=O)=O)cc1)c1ccccc1Nc1ccccc1. The zero-order valence-corrected chi connectivity index (χ0v) is 16.5. The molecule has 0 atom stereocenters. The highest BCUT2D eigenvalue weighted by molar-refractivity contribution is 7.93. The van der Waals surface area contributed by atoms with E-state index >= 15 is 0 Å². The fraction of sp³-hybridized carbons (Fsp3) is 0.136. The van der Waals surface area contributed by atoms with Gasteiger partial charge in [0.2, 0.25) is 10.0 Å². The number of amides is 1. The molecule has 6 nitrogen and oxygen atoms in total. The smallest absolute Gasteiger partial charge is 0.257 e. The number of para-hydroxylation sites is 2. The first-order chi connectivity index (χ1) is 14.0. The van der Waals surface area contributed by atoms with Crippen molar-refractivity contribution in [2.24, 2.45) is 0 Å². The van der Waals surface area contributed by atoms with Crippen LogP contribution in [0.4, 0.5) is 22.7 Å². The second-order valence-electron chi connectivity index (χ2n) is 6.78. The Morgan fingerprint density at radius 1 is 0.828 bits per heavy atom. The zero-order chi connectivity index (χ0) is 20.3. The van der Waals surface area contributed by atoms with E-state index in [1.807, 2.05) is 48.5 Å². The maximum atomic E-state index is 12.8. The summed E-state index contributed by atoms with van der Waals surface area (Å²) < 4.78 is 25.5. The summed E-state index contributed by atoms with van der Waals surface area (Å²) in [6.45, 7) is 0.493. The molecule has 1 aliphatic heterocycles. The molecule has 0 spiro atoms. The van der Waals surface area contributed by atoms with Gasteiger partial charge in [-0.2, -0.15) is 0 Å². The minimum absolute atomic E-state index is 0.177. The topological polar surface area (TPSA) is 78.5 Å². The van der Waals surface area contributed by atoms with E-state index in [4.69, 9.17) is 0 Å². The lowest BCUT2D eigenvalue weighted by molar-refractivity contribution is 0.102. The predicted molar refractivity (Wildman–Crippen MR) is 116 cm³/mol. The summed E-state index contributed by atoms with van der Waals surface area (Å²) in [7, 11) is -3.22. The summed E-state index contributed by atoms with van der Waals surface area (Å²) in [6.07, 6.45) is 0.631. The first kappa shape index (κ1) is 19.0. The largest absolute Gasteiger partial charge is 0.355 e. The van der Waals surface area contributed by atoms with Crippen molar-refractivity contribution in [2.45, 2.75) is 6.42 Å². The molecule has 3 aromatic rings. The summed E-state index contributed by atoms with van der Waals surface area (Å²) in [5.41, 5.74) is 3.33. The Hall–Kier alpha value is -3.32. The third-order valence-corrected chi connectivity index (χ3v) is 6.61. The number of hydrogen-bond acceptors (Lipinski definition) is 4. The predicted octanol–water partition coefficient (Wildman–Crippen LogP) is 4.22. The number of nitrogens with one attached hydrogen (secondary N) is 2. The van der Waals surface area contributed by atoms with E-state index in [-0.39, 0.29) is 11.7 Å². The van der Waals surface area contributed by atoms with Gasteiger partial charge >= 0.3 is 0 Å². The Morgan fingerprint density at radius 3 is 2.21 bits per heavy atom. The molecule has 29 heavy (non-hydrogen) atoms. The molecule has 0 bridgehead atoms. The van der Waals surface area contributed by atoms with Crippen LogP contribution in [-0.4, -0.2) is 26.6 Å². The molecule has 0 aliphatic carbocycles. The van der Waals surface area contributed by atoms with Gasteiger partial charge in [0.15, 0.2) is 0 Å². The van der Waals surface area contributed by atoms with Gasteiger partial charge in [0.1, 0.15) is 0 Å². The van der Waals surface area contributed by atoms with Gasteiger partial charge in [-0.3, -0.25) is 9.10 Å². The monoisotopic (exact) mass is 407 g/mol. The van der Waals surface area contributed by atoms with E-state index in [1.165, 1.54) is 4.31 Å². The molecule has 3 aromatic carbocycles. The molecule has 2 N–H and O–H groups in total. The lowest BCUT2D eigenvalue weighted by Gasteiger charge is -2.17. The second-order valence-corrected chi connectivity index (χ2v) is 8.79. The number of anilines is 4. The maximum Gasteiger partial charge on any atom is 0.257 e. The van der Waals surface area contributed by atoms with Crippen LogP contribution in [0.25, 0.3) is 0 Å².